The number of aliphatic hydroxyl groups is 1. The Hall–Kier alpha value is -0.670. The van der Waals surface area contributed by atoms with E-state index in [1.165, 1.54) is 19.3 Å². The molecule has 0 aromatic carbocycles. The molecule has 1 saturated heterocycles. The van der Waals surface area contributed by atoms with Crippen LogP contribution in [0.25, 0.3) is 0 Å². The molecule has 3 nitrogen and oxygen atoms in total. The zero-order valence-electron chi connectivity index (χ0n) is 15.0. The minimum absolute atomic E-state index is 0.172. The van der Waals surface area contributed by atoms with Gasteiger partial charge < -0.3 is 9.84 Å². The maximum atomic E-state index is 12.0. The fraction of sp³-hybridized carbons (Fsp3) is 0.857. The summed E-state index contributed by atoms with van der Waals surface area (Å²) in [7, 11) is 0. The molecule has 132 valence electrons. The van der Waals surface area contributed by atoms with Crippen LogP contribution in [0.4, 0.5) is 0 Å². The van der Waals surface area contributed by atoms with E-state index in [9.17, 15) is 9.90 Å². The van der Waals surface area contributed by atoms with Crippen LogP contribution < -0.4 is 0 Å². The monoisotopic (exact) mass is 330 g/mol. The number of Topliss-reactive ketones (excluding diaryl/α,β-unsaturated/α-hetero) is 1. The standard InChI is InChI=1S/C21H30O3/c1-19-9-7-14(22)11-13(19)3-4-15-16(19)8-10-21-12-24-20(2,23)18(21)6-5-17(15)21/h8,13,15,17-18,23H,3-7,9-12H2,1-2H3/t13-,15+,17-,18+,19-,20+,21+/m0/s1. The number of rotatable bonds is 0. The van der Waals surface area contributed by atoms with E-state index in [2.05, 4.69) is 13.0 Å². The van der Waals surface area contributed by atoms with Crippen molar-refractivity contribution in [3.63, 3.8) is 0 Å². The first-order valence-corrected chi connectivity index (χ1v) is 9.95. The Morgan fingerprint density at radius 1 is 1.21 bits per heavy atom. The molecule has 1 spiro atoms. The lowest BCUT2D eigenvalue weighted by Gasteiger charge is -2.55. The number of hydrogen-bond acceptors (Lipinski definition) is 3. The van der Waals surface area contributed by atoms with Gasteiger partial charge >= 0.3 is 0 Å². The molecule has 0 unspecified atom stereocenters. The number of ether oxygens (including phenoxy) is 1. The van der Waals surface area contributed by atoms with Crippen LogP contribution in [-0.2, 0) is 9.53 Å². The summed E-state index contributed by atoms with van der Waals surface area (Å²) in [5, 5.41) is 10.7. The molecule has 24 heavy (non-hydrogen) atoms. The minimum Gasteiger partial charge on any atom is -0.365 e. The van der Waals surface area contributed by atoms with Crippen molar-refractivity contribution in [2.45, 2.75) is 71.0 Å². The predicted molar refractivity (Wildman–Crippen MR) is 91.1 cm³/mol. The number of carbonyl (C=O) groups is 1. The maximum Gasteiger partial charge on any atom is 0.166 e. The fourth-order valence-electron chi connectivity index (χ4n) is 7.59. The number of allylic oxidation sites excluding steroid dienone is 2. The van der Waals surface area contributed by atoms with E-state index < -0.39 is 5.79 Å². The van der Waals surface area contributed by atoms with E-state index in [0.29, 0.717) is 29.5 Å². The van der Waals surface area contributed by atoms with Gasteiger partial charge in [-0.3, -0.25) is 4.79 Å². The summed E-state index contributed by atoms with van der Waals surface area (Å²) in [4.78, 5) is 12.0. The molecule has 1 aliphatic heterocycles. The third-order valence-corrected chi connectivity index (χ3v) is 8.85. The van der Waals surface area contributed by atoms with Crippen LogP contribution >= 0.6 is 0 Å². The minimum atomic E-state index is -0.932. The van der Waals surface area contributed by atoms with Gasteiger partial charge in [0.1, 0.15) is 5.78 Å². The smallest absolute Gasteiger partial charge is 0.166 e. The molecule has 0 radical (unpaired) electrons. The predicted octanol–water partition coefficient (Wildman–Crippen LogP) is 3.85. The first-order chi connectivity index (χ1) is 11.4. The van der Waals surface area contributed by atoms with E-state index in [0.717, 1.165) is 38.7 Å². The normalized spacial score (nSPS) is 56.1. The van der Waals surface area contributed by atoms with Crippen molar-refractivity contribution in [2.75, 3.05) is 6.61 Å². The van der Waals surface area contributed by atoms with Crippen molar-refractivity contribution in [1.82, 2.24) is 0 Å². The molecule has 0 aromatic rings. The molecule has 7 atom stereocenters. The first kappa shape index (κ1) is 15.6. The Morgan fingerprint density at radius 2 is 2.04 bits per heavy atom. The molecule has 5 aliphatic rings. The van der Waals surface area contributed by atoms with Crippen molar-refractivity contribution in [3.8, 4) is 0 Å². The molecule has 1 N–H and O–H groups in total. The third-order valence-electron chi connectivity index (χ3n) is 8.85. The number of hydrogen-bond donors (Lipinski definition) is 1. The van der Waals surface area contributed by atoms with Gasteiger partial charge in [-0.1, -0.05) is 18.6 Å². The first-order valence-electron chi connectivity index (χ1n) is 9.95. The van der Waals surface area contributed by atoms with E-state index in [-0.39, 0.29) is 10.8 Å². The van der Waals surface area contributed by atoms with Crippen molar-refractivity contribution in [2.24, 2.45) is 34.5 Å². The molecular weight excluding hydrogens is 300 g/mol. The van der Waals surface area contributed by atoms with Crippen LogP contribution in [0.5, 0.6) is 0 Å². The SMILES string of the molecule is C[C@@]1(O)OC[C@]23CC=C4[C@@H](CC[C@H]5CC(=O)CC[C@]45C)[C@@H]2CC[C@@H]31. The van der Waals surface area contributed by atoms with Crippen LogP contribution in [0.15, 0.2) is 11.6 Å². The summed E-state index contributed by atoms with van der Waals surface area (Å²) in [6.07, 6.45) is 11.0. The van der Waals surface area contributed by atoms with E-state index >= 15 is 0 Å². The van der Waals surface area contributed by atoms with Crippen LogP contribution in [0, 0.1) is 34.5 Å². The molecule has 0 bridgehead atoms. The van der Waals surface area contributed by atoms with E-state index in [1.807, 2.05) is 6.92 Å². The van der Waals surface area contributed by atoms with E-state index in [1.54, 1.807) is 5.57 Å². The maximum absolute atomic E-state index is 12.0. The molecule has 4 fully saturated rings. The number of ketones is 1. The molecular formula is C21H30O3. The molecule has 5 rings (SSSR count). The second-order valence-electron chi connectivity index (χ2n) is 9.72. The summed E-state index contributed by atoms with van der Waals surface area (Å²) >= 11 is 0. The second kappa shape index (κ2) is 4.73. The molecule has 0 aromatic heterocycles. The van der Waals surface area contributed by atoms with Gasteiger partial charge in [-0.25, -0.2) is 0 Å². The zero-order valence-corrected chi connectivity index (χ0v) is 15.0. The highest BCUT2D eigenvalue weighted by Gasteiger charge is 2.65. The number of carbonyl (C=O) groups excluding carboxylic acids is 1. The summed E-state index contributed by atoms with van der Waals surface area (Å²) < 4.78 is 5.87. The van der Waals surface area contributed by atoms with Gasteiger partial charge in [0.2, 0.25) is 0 Å². The summed E-state index contributed by atoms with van der Waals surface area (Å²) in [6, 6.07) is 0. The third kappa shape index (κ3) is 1.78. The molecule has 3 heteroatoms. The van der Waals surface area contributed by atoms with Crippen molar-refractivity contribution in [3.05, 3.63) is 11.6 Å². The summed E-state index contributed by atoms with van der Waals surface area (Å²) in [5.74, 6) is 1.74. The average Bonchev–Trinajstić information content (AvgIpc) is 3.04. The van der Waals surface area contributed by atoms with Crippen molar-refractivity contribution < 1.29 is 14.6 Å². The van der Waals surface area contributed by atoms with E-state index in [4.69, 9.17) is 4.74 Å². The highest BCUT2D eigenvalue weighted by Crippen LogP contribution is 2.68. The van der Waals surface area contributed by atoms with Gasteiger partial charge in [-0.15, -0.1) is 0 Å². The molecule has 0 amide bonds. The average molecular weight is 330 g/mol. The zero-order chi connectivity index (χ0) is 16.7. The van der Waals surface area contributed by atoms with Gasteiger partial charge in [-0.05, 0) is 68.6 Å². The highest BCUT2D eigenvalue weighted by atomic mass is 16.6. The Morgan fingerprint density at radius 3 is 2.88 bits per heavy atom. The lowest BCUT2D eigenvalue weighted by atomic mass is 9.48. The largest absolute Gasteiger partial charge is 0.365 e. The summed E-state index contributed by atoms with van der Waals surface area (Å²) in [5.41, 5.74) is 2.10. The van der Waals surface area contributed by atoms with Crippen LogP contribution in [0.2, 0.25) is 0 Å². The van der Waals surface area contributed by atoms with Gasteiger partial charge in [0.05, 0.1) is 6.61 Å². The lowest BCUT2D eigenvalue weighted by Crippen LogP contribution is -2.49. The molecule has 4 aliphatic carbocycles. The Labute approximate surface area is 144 Å². The van der Waals surface area contributed by atoms with Gasteiger partial charge in [0.15, 0.2) is 5.79 Å². The molecule has 1 heterocycles. The van der Waals surface area contributed by atoms with Gasteiger partial charge in [-0.2, -0.15) is 0 Å². The van der Waals surface area contributed by atoms with Gasteiger partial charge in [0, 0.05) is 24.2 Å². The molecule has 3 saturated carbocycles. The Kier molecular flexibility index (Phi) is 3.07. The van der Waals surface area contributed by atoms with Crippen LogP contribution in [0.3, 0.4) is 0 Å². The number of fused-ring (bicyclic) bond motifs is 4. The topological polar surface area (TPSA) is 46.5 Å². The van der Waals surface area contributed by atoms with Crippen molar-refractivity contribution in [1.29, 1.82) is 0 Å². The summed E-state index contributed by atoms with van der Waals surface area (Å²) in [6.45, 7) is 5.04. The van der Waals surface area contributed by atoms with Crippen molar-refractivity contribution >= 4 is 5.78 Å². The van der Waals surface area contributed by atoms with Crippen LogP contribution in [-0.4, -0.2) is 23.3 Å². The van der Waals surface area contributed by atoms with Crippen LogP contribution in [0.1, 0.15) is 65.2 Å². The quantitative estimate of drug-likeness (QED) is 0.686. The Bertz CT molecular complexity index is 621. The Balaban J connectivity index is 1.53. The lowest BCUT2D eigenvalue weighted by molar-refractivity contribution is -0.180. The van der Waals surface area contributed by atoms with Gasteiger partial charge in [0.25, 0.3) is 0 Å². The fourth-order valence-corrected chi connectivity index (χ4v) is 7.59. The highest BCUT2D eigenvalue weighted by molar-refractivity contribution is 5.80. The second-order valence-corrected chi connectivity index (χ2v) is 9.72.